The van der Waals surface area contributed by atoms with Gasteiger partial charge in [-0.15, -0.1) is 11.3 Å². The predicted octanol–water partition coefficient (Wildman–Crippen LogP) is 6.21. The fourth-order valence-corrected chi connectivity index (χ4v) is 5.05. The first-order valence-electron chi connectivity index (χ1n) is 9.38. The van der Waals surface area contributed by atoms with Gasteiger partial charge in [0, 0.05) is 20.2 Å². The number of ether oxygens (including phenoxy) is 1. The van der Waals surface area contributed by atoms with E-state index in [0.717, 1.165) is 27.3 Å². The summed E-state index contributed by atoms with van der Waals surface area (Å²) in [5.41, 5.74) is 2.29. The van der Waals surface area contributed by atoms with Crippen LogP contribution < -0.4 is 4.74 Å². The molecule has 1 heterocycles. The van der Waals surface area contributed by atoms with E-state index in [1.165, 1.54) is 14.8 Å². The van der Waals surface area contributed by atoms with Crippen molar-refractivity contribution in [3.63, 3.8) is 0 Å². The zero-order chi connectivity index (χ0) is 20.7. The lowest BCUT2D eigenvalue weighted by molar-refractivity contribution is -0.139. The number of carboxylic acids is 1. The minimum absolute atomic E-state index is 0.273. The van der Waals surface area contributed by atoms with E-state index in [1.54, 1.807) is 23.5 Å². The molecule has 5 rings (SSSR count). The molecule has 0 atom stereocenters. The number of aliphatic carboxylic acids is 1. The summed E-state index contributed by atoms with van der Waals surface area (Å²) in [4.78, 5) is 10.8. The van der Waals surface area contributed by atoms with Gasteiger partial charge in [-0.05, 0) is 46.2 Å². The zero-order valence-electron chi connectivity index (χ0n) is 15.8. The standard InChI is InChI=1S/C25H15NO3S/c26-13-17-11-16(9-10-20(17)29-14-23(27)28)24-18-6-2-1-5-15(18)12-22-25(24)19-7-3-4-8-21(19)30-22/h1-12H,14H2,(H,27,28). The second-order valence-corrected chi connectivity index (χ2v) is 8.03. The molecule has 0 spiro atoms. The van der Waals surface area contributed by atoms with Gasteiger partial charge in [0.2, 0.25) is 0 Å². The quantitative estimate of drug-likeness (QED) is 0.383. The zero-order valence-corrected chi connectivity index (χ0v) is 16.6. The highest BCUT2D eigenvalue weighted by molar-refractivity contribution is 7.26. The summed E-state index contributed by atoms with van der Waals surface area (Å²) in [6.45, 7) is -0.484. The predicted molar refractivity (Wildman–Crippen MR) is 120 cm³/mol. The molecule has 30 heavy (non-hydrogen) atoms. The van der Waals surface area contributed by atoms with Crippen molar-refractivity contribution in [2.24, 2.45) is 0 Å². The number of carbonyl (C=O) groups is 1. The van der Waals surface area contributed by atoms with Crippen LogP contribution in [0.3, 0.4) is 0 Å². The fourth-order valence-electron chi connectivity index (χ4n) is 3.89. The van der Waals surface area contributed by atoms with Crippen LogP contribution in [0.1, 0.15) is 5.56 Å². The van der Waals surface area contributed by atoms with Crippen molar-refractivity contribution in [1.29, 1.82) is 5.26 Å². The van der Waals surface area contributed by atoms with Crippen LogP contribution >= 0.6 is 11.3 Å². The van der Waals surface area contributed by atoms with E-state index in [1.807, 2.05) is 30.3 Å². The Hall–Kier alpha value is -3.88. The summed E-state index contributed by atoms with van der Waals surface area (Å²) in [5.74, 6) is -0.807. The van der Waals surface area contributed by atoms with Gasteiger partial charge in [-0.25, -0.2) is 4.79 Å². The molecule has 0 aliphatic rings. The van der Waals surface area contributed by atoms with Crippen molar-refractivity contribution in [1.82, 2.24) is 0 Å². The van der Waals surface area contributed by atoms with Crippen LogP contribution in [0.4, 0.5) is 0 Å². The van der Waals surface area contributed by atoms with E-state index in [4.69, 9.17) is 9.84 Å². The van der Waals surface area contributed by atoms with E-state index in [9.17, 15) is 10.1 Å². The van der Waals surface area contributed by atoms with Gasteiger partial charge in [0.05, 0.1) is 5.56 Å². The highest BCUT2D eigenvalue weighted by Crippen LogP contribution is 2.44. The number of rotatable bonds is 4. The average Bonchev–Trinajstić information content (AvgIpc) is 3.14. The largest absolute Gasteiger partial charge is 0.481 e. The summed E-state index contributed by atoms with van der Waals surface area (Å²) in [7, 11) is 0. The lowest BCUT2D eigenvalue weighted by Gasteiger charge is -2.12. The lowest BCUT2D eigenvalue weighted by atomic mass is 9.92. The topological polar surface area (TPSA) is 70.3 Å². The van der Waals surface area contributed by atoms with Gasteiger partial charge in [-0.1, -0.05) is 48.5 Å². The molecule has 0 fully saturated rings. The van der Waals surface area contributed by atoms with Crippen molar-refractivity contribution >= 4 is 48.3 Å². The second kappa shape index (κ2) is 7.18. The first-order chi connectivity index (χ1) is 14.7. The molecule has 4 nitrogen and oxygen atoms in total. The number of fused-ring (bicyclic) bond motifs is 4. The summed E-state index contributed by atoms with van der Waals surface area (Å²) in [6.07, 6.45) is 0. The molecule has 0 unspecified atom stereocenters. The van der Waals surface area contributed by atoms with Gasteiger partial charge in [0.15, 0.2) is 6.61 Å². The van der Waals surface area contributed by atoms with Crippen molar-refractivity contribution in [2.45, 2.75) is 0 Å². The maximum Gasteiger partial charge on any atom is 0.341 e. The van der Waals surface area contributed by atoms with Crippen molar-refractivity contribution in [3.05, 3.63) is 78.4 Å². The van der Waals surface area contributed by atoms with Crippen LogP contribution in [-0.4, -0.2) is 17.7 Å². The molecule has 1 N–H and O–H groups in total. The van der Waals surface area contributed by atoms with Crippen molar-refractivity contribution in [2.75, 3.05) is 6.61 Å². The van der Waals surface area contributed by atoms with Crippen LogP contribution in [0.25, 0.3) is 42.1 Å². The normalized spacial score (nSPS) is 11.0. The molecule has 0 amide bonds. The number of benzene rings is 4. The number of nitriles is 1. The number of carboxylic acid groups (broad SMARTS) is 1. The number of nitrogens with zero attached hydrogens (tertiary/aromatic N) is 1. The summed E-state index contributed by atoms with van der Waals surface area (Å²) >= 11 is 1.75. The molecule has 144 valence electrons. The van der Waals surface area contributed by atoms with Crippen molar-refractivity contribution < 1.29 is 14.6 Å². The summed E-state index contributed by atoms with van der Waals surface area (Å²) in [5, 5.41) is 23.1. The minimum Gasteiger partial charge on any atom is -0.481 e. The Morgan fingerprint density at radius 2 is 1.73 bits per heavy atom. The number of hydrogen-bond acceptors (Lipinski definition) is 4. The molecule has 1 aromatic heterocycles. The molecule has 0 aliphatic carbocycles. The molecule has 0 saturated carbocycles. The van der Waals surface area contributed by atoms with Crippen LogP contribution in [0.2, 0.25) is 0 Å². The molecular formula is C25H15NO3S. The van der Waals surface area contributed by atoms with Gasteiger partial charge >= 0.3 is 5.97 Å². The van der Waals surface area contributed by atoms with Gasteiger partial charge in [0.1, 0.15) is 11.8 Å². The monoisotopic (exact) mass is 409 g/mol. The van der Waals surface area contributed by atoms with Crippen molar-refractivity contribution in [3.8, 4) is 22.9 Å². The van der Waals surface area contributed by atoms with Gasteiger partial charge in [-0.3, -0.25) is 0 Å². The van der Waals surface area contributed by atoms with E-state index in [2.05, 4.69) is 36.4 Å². The molecule has 0 radical (unpaired) electrons. The Morgan fingerprint density at radius 1 is 0.967 bits per heavy atom. The molecular weight excluding hydrogens is 394 g/mol. The minimum atomic E-state index is -1.08. The molecule has 0 bridgehead atoms. The number of hydrogen-bond donors (Lipinski definition) is 1. The first-order valence-corrected chi connectivity index (χ1v) is 10.2. The molecule has 0 aliphatic heterocycles. The highest BCUT2D eigenvalue weighted by atomic mass is 32.1. The fraction of sp³-hybridized carbons (Fsp3) is 0.0400. The SMILES string of the molecule is N#Cc1cc(-c2c3ccccc3cc3sc4ccccc4c23)ccc1OCC(=O)O. The highest BCUT2D eigenvalue weighted by Gasteiger charge is 2.16. The van der Waals surface area contributed by atoms with Crippen LogP contribution in [-0.2, 0) is 4.79 Å². The Balaban J connectivity index is 1.83. The van der Waals surface area contributed by atoms with Crippen LogP contribution in [0, 0.1) is 11.3 Å². The molecule has 5 heteroatoms. The van der Waals surface area contributed by atoms with E-state index >= 15 is 0 Å². The maximum absolute atomic E-state index is 10.8. The second-order valence-electron chi connectivity index (χ2n) is 6.95. The van der Waals surface area contributed by atoms with E-state index < -0.39 is 12.6 Å². The third kappa shape index (κ3) is 2.95. The average molecular weight is 409 g/mol. The van der Waals surface area contributed by atoms with Crippen LogP contribution in [0.5, 0.6) is 5.75 Å². The third-order valence-electron chi connectivity index (χ3n) is 5.13. The molecule has 5 aromatic rings. The Bertz CT molecular complexity index is 1490. The van der Waals surface area contributed by atoms with E-state index in [0.29, 0.717) is 5.56 Å². The van der Waals surface area contributed by atoms with E-state index in [-0.39, 0.29) is 5.75 Å². The molecule has 4 aromatic carbocycles. The molecule has 0 saturated heterocycles. The Morgan fingerprint density at radius 3 is 2.53 bits per heavy atom. The van der Waals surface area contributed by atoms with Gasteiger partial charge in [0.25, 0.3) is 0 Å². The van der Waals surface area contributed by atoms with Gasteiger partial charge in [-0.2, -0.15) is 5.26 Å². The Labute approximate surface area is 176 Å². The summed E-state index contributed by atoms with van der Waals surface area (Å²) in [6, 6.07) is 26.3. The maximum atomic E-state index is 10.8. The first kappa shape index (κ1) is 18.2. The smallest absolute Gasteiger partial charge is 0.341 e. The number of thiophene rings is 1. The van der Waals surface area contributed by atoms with Gasteiger partial charge < -0.3 is 9.84 Å². The summed E-state index contributed by atoms with van der Waals surface area (Å²) < 4.78 is 7.69. The Kier molecular flexibility index (Phi) is 4.35. The van der Waals surface area contributed by atoms with Crippen LogP contribution in [0.15, 0.2) is 72.8 Å². The third-order valence-corrected chi connectivity index (χ3v) is 6.25. The lowest BCUT2D eigenvalue weighted by Crippen LogP contribution is -2.10.